The molecule has 0 spiro atoms. The molecule has 0 aliphatic rings. The van der Waals surface area contributed by atoms with Gasteiger partial charge in [0.2, 0.25) is 0 Å². The molecule has 0 bridgehead atoms. The highest BCUT2D eigenvalue weighted by Crippen LogP contribution is 2.24. The van der Waals surface area contributed by atoms with Gasteiger partial charge in [-0.15, -0.1) is 0 Å². The van der Waals surface area contributed by atoms with E-state index in [1.165, 1.54) is 0 Å². The van der Waals surface area contributed by atoms with Gasteiger partial charge in [0, 0.05) is 5.54 Å². The van der Waals surface area contributed by atoms with Gasteiger partial charge in [-0.1, -0.05) is 30.3 Å². The van der Waals surface area contributed by atoms with Crippen LogP contribution in [0.3, 0.4) is 0 Å². The van der Waals surface area contributed by atoms with E-state index in [4.69, 9.17) is 4.74 Å². The van der Waals surface area contributed by atoms with Crippen molar-refractivity contribution in [2.45, 2.75) is 52.3 Å². The molecule has 0 atom stereocenters. The van der Waals surface area contributed by atoms with Gasteiger partial charge in [-0.3, -0.25) is 9.69 Å². The number of carbonyl (C=O) groups excluding carboxylic acids is 1. The van der Waals surface area contributed by atoms with Crippen LogP contribution in [0, 0.1) is 0 Å². The van der Waals surface area contributed by atoms with Crippen LogP contribution in [-0.2, 0) is 16.1 Å². The van der Waals surface area contributed by atoms with Crippen LogP contribution in [0.5, 0.6) is 0 Å². The number of likely N-dealkylation sites (N-methyl/N-ethyl adjacent to an activating group) is 1. The number of ether oxygens (including phenoxy) is 1. The summed E-state index contributed by atoms with van der Waals surface area (Å²) in [5.74, 6) is -0.200. The van der Waals surface area contributed by atoms with E-state index in [2.05, 4.69) is 20.8 Å². The molecule has 0 saturated heterocycles. The number of rotatable bonds is 4. The van der Waals surface area contributed by atoms with Gasteiger partial charge in [0.05, 0.1) is 0 Å². The Morgan fingerprint density at radius 1 is 1.11 bits per heavy atom. The SMILES string of the molecule is CN(C(C)(C)C)C(C)(C)C(=O)OCc1ccccc1. The Morgan fingerprint density at radius 3 is 2.11 bits per heavy atom. The third-order valence-corrected chi connectivity index (χ3v) is 3.56. The molecular formula is C16H25NO2. The highest BCUT2D eigenvalue weighted by molar-refractivity contribution is 5.79. The first-order valence-corrected chi connectivity index (χ1v) is 6.61. The Kier molecular flexibility index (Phi) is 4.75. The Morgan fingerprint density at radius 2 is 1.63 bits per heavy atom. The van der Waals surface area contributed by atoms with Crippen molar-refractivity contribution in [2.75, 3.05) is 7.05 Å². The number of hydrogen-bond donors (Lipinski definition) is 0. The molecule has 0 saturated carbocycles. The molecule has 19 heavy (non-hydrogen) atoms. The maximum atomic E-state index is 12.3. The summed E-state index contributed by atoms with van der Waals surface area (Å²) >= 11 is 0. The lowest BCUT2D eigenvalue weighted by molar-refractivity contribution is -0.160. The van der Waals surface area contributed by atoms with Gasteiger partial charge in [-0.05, 0) is 47.2 Å². The summed E-state index contributed by atoms with van der Waals surface area (Å²) in [5, 5.41) is 0. The zero-order valence-corrected chi connectivity index (χ0v) is 12.9. The van der Waals surface area contributed by atoms with Crippen molar-refractivity contribution in [1.29, 1.82) is 0 Å². The average molecular weight is 263 g/mol. The monoisotopic (exact) mass is 263 g/mol. The average Bonchev–Trinajstić information content (AvgIpc) is 2.35. The zero-order chi connectivity index (χ0) is 14.7. The predicted octanol–water partition coefficient (Wildman–Crippen LogP) is 3.24. The lowest BCUT2D eigenvalue weighted by atomic mass is 9.95. The molecule has 0 aliphatic carbocycles. The molecule has 0 radical (unpaired) electrons. The van der Waals surface area contributed by atoms with Crippen LogP contribution in [0.4, 0.5) is 0 Å². The van der Waals surface area contributed by atoms with E-state index in [0.717, 1.165) is 5.56 Å². The summed E-state index contributed by atoms with van der Waals surface area (Å²) in [4.78, 5) is 14.3. The topological polar surface area (TPSA) is 29.5 Å². The van der Waals surface area contributed by atoms with Gasteiger partial charge in [0.1, 0.15) is 12.1 Å². The van der Waals surface area contributed by atoms with Gasteiger partial charge in [-0.25, -0.2) is 0 Å². The Hall–Kier alpha value is -1.35. The van der Waals surface area contributed by atoms with Crippen molar-refractivity contribution in [2.24, 2.45) is 0 Å². The smallest absolute Gasteiger partial charge is 0.326 e. The fourth-order valence-electron chi connectivity index (χ4n) is 1.88. The van der Waals surface area contributed by atoms with E-state index in [-0.39, 0.29) is 11.5 Å². The third kappa shape index (κ3) is 4.06. The highest BCUT2D eigenvalue weighted by Gasteiger charge is 2.39. The fourth-order valence-corrected chi connectivity index (χ4v) is 1.88. The number of hydrogen-bond acceptors (Lipinski definition) is 3. The lowest BCUT2D eigenvalue weighted by Crippen LogP contribution is -2.56. The lowest BCUT2D eigenvalue weighted by Gasteiger charge is -2.42. The molecule has 106 valence electrons. The van der Waals surface area contributed by atoms with E-state index in [0.29, 0.717) is 6.61 Å². The van der Waals surface area contributed by atoms with Gasteiger partial charge in [-0.2, -0.15) is 0 Å². The molecule has 3 heteroatoms. The molecule has 1 aromatic rings. The Balaban J connectivity index is 2.67. The van der Waals surface area contributed by atoms with Crippen LogP contribution in [0.25, 0.3) is 0 Å². The highest BCUT2D eigenvalue weighted by atomic mass is 16.5. The molecule has 0 amide bonds. The standard InChI is InChI=1S/C16H25NO2/c1-15(2,3)17(6)16(4,5)14(18)19-12-13-10-8-7-9-11-13/h7-11H,12H2,1-6H3. The van der Waals surface area contributed by atoms with Gasteiger partial charge in [0.25, 0.3) is 0 Å². The van der Waals surface area contributed by atoms with Crippen molar-refractivity contribution in [3.63, 3.8) is 0 Å². The first-order valence-electron chi connectivity index (χ1n) is 6.61. The minimum atomic E-state index is -0.646. The van der Waals surface area contributed by atoms with Crippen molar-refractivity contribution in [3.05, 3.63) is 35.9 Å². The molecule has 0 unspecified atom stereocenters. The van der Waals surface area contributed by atoms with Crippen LogP contribution in [0.15, 0.2) is 30.3 Å². The third-order valence-electron chi connectivity index (χ3n) is 3.56. The van der Waals surface area contributed by atoms with E-state index in [1.807, 2.05) is 56.1 Å². The largest absolute Gasteiger partial charge is 0.459 e. The number of benzene rings is 1. The number of carbonyl (C=O) groups is 1. The van der Waals surface area contributed by atoms with E-state index in [1.54, 1.807) is 0 Å². The van der Waals surface area contributed by atoms with Crippen molar-refractivity contribution >= 4 is 5.97 Å². The van der Waals surface area contributed by atoms with Gasteiger partial charge in [0.15, 0.2) is 0 Å². The molecule has 0 aromatic heterocycles. The second kappa shape index (κ2) is 5.74. The van der Waals surface area contributed by atoms with Crippen LogP contribution >= 0.6 is 0 Å². The molecular weight excluding hydrogens is 238 g/mol. The summed E-state index contributed by atoms with van der Waals surface area (Å²) in [6.07, 6.45) is 0. The molecule has 3 nitrogen and oxygen atoms in total. The van der Waals surface area contributed by atoms with Crippen LogP contribution < -0.4 is 0 Å². The first kappa shape index (κ1) is 15.7. The van der Waals surface area contributed by atoms with Crippen molar-refractivity contribution in [3.8, 4) is 0 Å². The second-order valence-electron chi connectivity index (χ2n) is 6.35. The van der Waals surface area contributed by atoms with Gasteiger partial charge >= 0.3 is 5.97 Å². The molecule has 1 rings (SSSR count). The molecule has 0 fully saturated rings. The molecule has 0 aliphatic heterocycles. The summed E-state index contributed by atoms with van der Waals surface area (Å²) in [6.45, 7) is 10.4. The first-order chi connectivity index (χ1) is 8.65. The van der Waals surface area contributed by atoms with E-state index < -0.39 is 5.54 Å². The van der Waals surface area contributed by atoms with Crippen molar-refractivity contribution in [1.82, 2.24) is 4.90 Å². The van der Waals surface area contributed by atoms with Crippen LogP contribution in [-0.4, -0.2) is 29.0 Å². The van der Waals surface area contributed by atoms with Crippen LogP contribution in [0.2, 0.25) is 0 Å². The fraction of sp³-hybridized carbons (Fsp3) is 0.562. The van der Waals surface area contributed by atoms with Crippen molar-refractivity contribution < 1.29 is 9.53 Å². The minimum absolute atomic E-state index is 0.0880. The number of nitrogens with zero attached hydrogens (tertiary/aromatic N) is 1. The number of esters is 1. The summed E-state index contributed by atoms with van der Waals surface area (Å²) in [6, 6.07) is 9.73. The second-order valence-corrected chi connectivity index (χ2v) is 6.35. The Bertz CT molecular complexity index is 418. The summed E-state index contributed by atoms with van der Waals surface area (Å²) < 4.78 is 5.43. The molecule has 0 N–H and O–H groups in total. The quantitative estimate of drug-likeness (QED) is 0.781. The predicted molar refractivity (Wildman–Crippen MR) is 77.8 cm³/mol. The van der Waals surface area contributed by atoms with E-state index >= 15 is 0 Å². The van der Waals surface area contributed by atoms with E-state index in [9.17, 15) is 4.79 Å². The van der Waals surface area contributed by atoms with Crippen LogP contribution in [0.1, 0.15) is 40.2 Å². The minimum Gasteiger partial charge on any atom is -0.459 e. The Labute approximate surface area is 116 Å². The maximum Gasteiger partial charge on any atom is 0.326 e. The normalized spacial score (nSPS) is 12.6. The summed E-state index contributed by atoms with van der Waals surface area (Å²) in [5.41, 5.74) is 0.271. The molecule has 0 heterocycles. The zero-order valence-electron chi connectivity index (χ0n) is 12.9. The molecule has 1 aromatic carbocycles. The van der Waals surface area contributed by atoms with Gasteiger partial charge < -0.3 is 4.74 Å². The maximum absolute atomic E-state index is 12.3. The summed E-state index contributed by atoms with van der Waals surface area (Å²) in [7, 11) is 1.95.